The van der Waals surface area contributed by atoms with E-state index in [2.05, 4.69) is 10.2 Å². The van der Waals surface area contributed by atoms with Gasteiger partial charge in [-0.25, -0.2) is 4.79 Å². The van der Waals surface area contributed by atoms with Crippen molar-refractivity contribution in [2.24, 2.45) is 0 Å². The van der Waals surface area contributed by atoms with Gasteiger partial charge in [0.25, 0.3) is 0 Å². The molecule has 1 heterocycles. The number of nitrogens with two attached hydrogens (primary N) is 1. The predicted molar refractivity (Wildman–Crippen MR) is 76.6 cm³/mol. The van der Waals surface area contributed by atoms with Gasteiger partial charge in [-0.05, 0) is 57.1 Å². The van der Waals surface area contributed by atoms with Gasteiger partial charge in [0.15, 0.2) is 0 Å². The molecule has 4 N–H and O–H groups in total. The van der Waals surface area contributed by atoms with Crippen molar-refractivity contribution in [3.63, 3.8) is 0 Å². The van der Waals surface area contributed by atoms with Gasteiger partial charge in [-0.15, -0.1) is 0 Å². The lowest BCUT2D eigenvalue weighted by molar-refractivity contribution is 0.0698. The minimum absolute atomic E-state index is 0.155. The van der Waals surface area contributed by atoms with Crippen molar-refractivity contribution in [1.82, 2.24) is 4.90 Å². The molecule has 104 valence electrons. The zero-order chi connectivity index (χ0) is 13.7. The number of likely N-dealkylation sites (tertiary alicyclic amines) is 1. The van der Waals surface area contributed by atoms with Gasteiger partial charge < -0.3 is 21.1 Å². The first kappa shape index (κ1) is 13.7. The first-order chi connectivity index (χ1) is 9.16. The average Bonchev–Trinajstić information content (AvgIpc) is 2.87. The number of nitrogens with one attached hydrogen (secondary N) is 1. The summed E-state index contributed by atoms with van der Waals surface area (Å²) in [4.78, 5) is 13.3. The summed E-state index contributed by atoms with van der Waals surface area (Å²) in [5, 5.41) is 12.2. The van der Waals surface area contributed by atoms with Crippen LogP contribution in [0, 0.1) is 0 Å². The highest BCUT2D eigenvalue weighted by Gasteiger charge is 2.10. The van der Waals surface area contributed by atoms with E-state index in [0.717, 1.165) is 25.2 Å². The fraction of sp³-hybridized carbons (Fsp3) is 0.500. The summed E-state index contributed by atoms with van der Waals surface area (Å²) in [5.74, 6) is -0.988. The van der Waals surface area contributed by atoms with E-state index in [4.69, 9.17) is 10.8 Å². The van der Waals surface area contributed by atoms with Gasteiger partial charge in [-0.2, -0.15) is 0 Å². The third kappa shape index (κ3) is 3.86. The van der Waals surface area contributed by atoms with E-state index in [1.54, 1.807) is 18.2 Å². The Balaban J connectivity index is 1.76. The molecule has 0 radical (unpaired) electrons. The molecule has 19 heavy (non-hydrogen) atoms. The minimum Gasteiger partial charge on any atom is -0.478 e. The number of rotatable bonds is 6. The molecule has 0 aromatic heterocycles. The standard InChI is InChI=1S/C14H21N3O2/c15-13-10-11(4-5-12(13)14(18)19)16-6-3-9-17-7-1-2-8-17/h4-5,10,16H,1-3,6-9,15H2,(H,18,19). The maximum atomic E-state index is 10.8. The molecule has 0 unspecified atom stereocenters. The fourth-order valence-electron chi connectivity index (χ4n) is 2.41. The molecule has 0 spiro atoms. The number of carboxylic acid groups (broad SMARTS) is 1. The van der Waals surface area contributed by atoms with Crippen LogP contribution in [0.4, 0.5) is 11.4 Å². The van der Waals surface area contributed by atoms with Crippen LogP contribution < -0.4 is 11.1 Å². The molecule has 1 aromatic rings. The first-order valence-electron chi connectivity index (χ1n) is 6.76. The van der Waals surface area contributed by atoms with E-state index in [-0.39, 0.29) is 5.56 Å². The average molecular weight is 263 g/mol. The molecule has 2 rings (SSSR count). The van der Waals surface area contributed by atoms with Crippen molar-refractivity contribution in [2.45, 2.75) is 19.3 Å². The Hall–Kier alpha value is -1.75. The molecular formula is C14H21N3O2. The molecule has 0 aliphatic carbocycles. The summed E-state index contributed by atoms with van der Waals surface area (Å²) in [6.45, 7) is 4.44. The van der Waals surface area contributed by atoms with Crippen LogP contribution in [0.5, 0.6) is 0 Å². The van der Waals surface area contributed by atoms with Crippen LogP contribution in [0.3, 0.4) is 0 Å². The number of carboxylic acids is 1. The molecule has 0 amide bonds. The van der Waals surface area contributed by atoms with Gasteiger partial charge in [0.2, 0.25) is 0 Å². The summed E-state index contributed by atoms with van der Waals surface area (Å²) in [7, 11) is 0. The quantitative estimate of drug-likeness (QED) is 0.539. The van der Waals surface area contributed by atoms with Gasteiger partial charge >= 0.3 is 5.97 Å². The SMILES string of the molecule is Nc1cc(NCCCN2CCCC2)ccc1C(=O)O. The highest BCUT2D eigenvalue weighted by atomic mass is 16.4. The van der Waals surface area contributed by atoms with E-state index < -0.39 is 5.97 Å². The van der Waals surface area contributed by atoms with Crippen molar-refractivity contribution in [3.8, 4) is 0 Å². The number of hydrogen-bond acceptors (Lipinski definition) is 4. The normalized spacial score (nSPS) is 15.6. The molecule has 1 saturated heterocycles. The van der Waals surface area contributed by atoms with E-state index >= 15 is 0 Å². The zero-order valence-electron chi connectivity index (χ0n) is 11.1. The van der Waals surface area contributed by atoms with Crippen LogP contribution in [0.25, 0.3) is 0 Å². The van der Waals surface area contributed by atoms with Crippen LogP contribution in [-0.2, 0) is 0 Å². The zero-order valence-corrected chi connectivity index (χ0v) is 11.1. The lowest BCUT2D eigenvalue weighted by Gasteiger charge is -2.15. The molecule has 0 saturated carbocycles. The van der Waals surface area contributed by atoms with Gasteiger partial charge in [0.1, 0.15) is 0 Å². The van der Waals surface area contributed by atoms with Crippen LogP contribution in [-0.4, -0.2) is 42.2 Å². The molecule has 5 heteroatoms. The lowest BCUT2D eigenvalue weighted by Crippen LogP contribution is -2.22. The second-order valence-corrected chi connectivity index (χ2v) is 4.94. The summed E-state index contributed by atoms with van der Waals surface area (Å²) >= 11 is 0. The van der Waals surface area contributed by atoms with E-state index in [1.165, 1.54) is 25.9 Å². The largest absolute Gasteiger partial charge is 0.478 e. The monoisotopic (exact) mass is 263 g/mol. The maximum absolute atomic E-state index is 10.8. The second kappa shape index (κ2) is 6.43. The maximum Gasteiger partial charge on any atom is 0.337 e. The van der Waals surface area contributed by atoms with Crippen LogP contribution in [0.1, 0.15) is 29.6 Å². The van der Waals surface area contributed by atoms with Crippen molar-refractivity contribution < 1.29 is 9.90 Å². The molecular weight excluding hydrogens is 242 g/mol. The van der Waals surface area contributed by atoms with Gasteiger partial charge in [0, 0.05) is 17.9 Å². The summed E-state index contributed by atoms with van der Waals surface area (Å²) in [5.41, 5.74) is 7.03. The third-order valence-corrected chi connectivity index (χ3v) is 3.46. The number of aromatic carboxylic acids is 1. The molecule has 1 aromatic carbocycles. The van der Waals surface area contributed by atoms with E-state index in [9.17, 15) is 4.79 Å². The Kier molecular flexibility index (Phi) is 4.63. The minimum atomic E-state index is -0.988. The van der Waals surface area contributed by atoms with Crippen molar-refractivity contribution in [1.29, 1.82) is 0 Å². The Morgan fingerprint density at radius 3 is 2.74 bits per heavy atom. The highest BCUT2D eigenvalue weighted by molar-refractivity contribution is 5.94. The van der Waals surface area contributed by atoms with Crippen LogP contribution in [0.2, 0.25) is 0 Å². The van der Waals surface area contributed by atoms with E-state index in [1.807, 2.05) is 0 Å². The Morgan fingerprint density at radius 2 is 2.11 bits per heavy atom. The predicted octanol–water partition coefficient (Wildman–Crippen LogP) is 1.86. The number of hydrogen-bond donors (Lipinski definition) is 3. The van der Waals surface area contributed by atoms with E-state index in [0.29, 0.717) is 5.69 Å². The molecule has 0 bridgehead atoms. The Labute approximate surface area is 113 Å². The molecule has 0 atom stereocenters. The molecule has 1 aliphatic rings. The lowest BCUT2D eigenvalue weighted by atomic mass is 10.1. The van der Waals surface area contributed by atoms with Gasteiger partial charge in [0.05, 0.1) is 5.56 Å². The summed E-state index contributed by atoms with van der Waals surface area (Å²) in [6, 6.07) is 4.98. The third-order valence-electron chi connectivity index (χ3n) is 3.46. The van der Waals surface area contributed by atoms with Crippen molar-refractivity contribution >= 4 is 17.3 Å². The van der Waals surface area contributed by atoms with Crippen LogP contribution >= 0.6 is 0 Å². The summed E-state index contributed by atoms with van der Waals surface area (Å²) < 4.78 is 0. The smallest absolute Gasteiger partial charge is 0.337 e. The van der Waals surface area contributed by atoms with Gasteiger partial charge in [-0.3, -0.25) is 0 Å². The fourth-order valence-corrected chi connectivity index (χ4v) is 2.41. The number of nitrogens with zero attached hydrogens (tertiary/aromatic N) is 1. The summed E-state index contributed by atoms with van der Waals surface area (Å²) in [6.07, 6.45) is 3.72. The molecule has 1 aliphatic heterocycles. The topological polar surface area (TPSA) is 78.6 Å². The Bertz CT molecular complexity index is 442. The number of anilines is 2. The number of carbonyl (C=O) groups is 1. The van der Waals surface area contributed by atoms with Crippen LogP contribution in [0.15, 0.2) is 18.2 Å². The van der Waals surface area contributed by atoms with Crippen molar-refractivity contribution in [3.05, 3.63) is 23.8 Å². The number of nitrogen functional groups attached to an aromatic ring is 1. The van der Waals surface area contributed by atoms with Crippen molar-refractivity contribution in [2.75, 3.05) is 37.2 Å². The molecule has 5 nitrogen and oxygen atoms in total. The molecule has 1 fully saturated rings. The van der Waals surface area contributed by atoms with Gasteiger partial charge in [-0.1, -0.05) is 0 Å². The number of benzene rings is 1. The Morgan fingerprint density at radius 1 is 1.37 bits per heavy atom. The second-order valence-electron chi connectivity index (χ2n) is 4.94. The first-order valence-corrected chi connectivity index (χ1v) is 6.76. The highest BCUT2D eigenvalue weighted by Crippen LogP contribution is 2.18.